The molecule has 10 nitrogen and oxygen atoms in total. The summed E-state index contributed by atoms with van der Waals surface area (Å²) >= 11 is 5.75. The van der Waals surface area contributed by atoms with Gasteiger partial charge >= 0.3 is 5.97 Å². The maximum atomic E-state index is 12.2. The molecular formula is C10H10N6O4S2. The number of H-pyrrole nitrogens is 2. The number of ketones is 1. The molecule has 0 aliphatic heterocycles. The van der Waals surface area contributed by atoms with Crippen molar-refractivity contribution in [3.63, 3.8) is 0 Å². The minimum absolute atomic E-state index is 0.0458. The Balaban J connectivity index is 2.23. The van der Waals surface area contributed by atoms with Crippen LogP contribution in [-0.4, -0.2) is 44.9 Å². The minimum Gasteiger partial charge on any atom is -0.468 e. The van der Waals surface area contributed by atoms with Crippen LogP contribution < -0.4 is 11.1 Å². The van der Waals surface area contributed by atoms with Crippen LogP contribution in [-0.2, 0) is 19.1 Å². The molecule has 1 amide bonds. The summed E-state index contributed by atoms with van der Waals surface area (Å²) in [5.41, 5.74) is 5.52. The Morgan fingerprint density at radius 2 is 2.14 bits per heavy atom. The van der Waals surface area contributed by atoms with E-state index >= 15 is 0 Å². The summed E-state index contributed by atoms with van der Waals surface area (Å²) in [6, 6.07) is 0. The van der Waals surface area contributed by atoms with Crippen LogP contribution in [0.3, 0.4) is 0 Å². The first-order valence-electron chi connectivity index (χ1n) is 5.71. The number of ether oxygens (including phenoxy) is 1. The quantitative estimate of drug-likeness (QED) is 0.255. The maximum absolute atomic E-state index is 12.2. The molecule has 1 unspecified atom stereocenters. The van der Waals surface area contributed by atoms with Crippen LogP contribution in [0.2, 0.25) is 0 Å². The molecule has 2 aromatic rings. The van der Waals surface area contributed by atoms with Gasteiger partial charge in [0, 0.05) is 5.38 Å². The van der Waals surface area contributed by atoms with E-state index in [1.165, 1.54) is 5.38 Å². The van der Waals surface area contributed by atoms with E-state index in [1.54, 1.807) is 0 Å². The van der Waals surface area contributed by atoms with Crippen LogP contribution in [0.25, 0.3) is 0 Å². The number of rotatable bonds is 5. The van der Waals surface area contributed by atoms with Gasteiger partial charge in [0.05, 0.1) is 12.8 Å². The van der Waals surface area contributed by atoms with Crippen LogP contribution in [0.1, 0.15) is 11.6 Å². The fourth-order valence-corrected chi connectivity index (χ4v) is 2.27. The molecule has 0 saturated carbocycles. The number of methoxy groups -OCH3 is 1. The molecule has 2 heterocycles. The molecule has 116 valence electrons. The molecule has 12 heteroatoms. The van der Waals surface area contributed by atoms with Crippen molar-refractivity contribution in [2.24, 2.45) is 0 Å². The van der Waals surface area contributed by atoms with Crippen molar-refractivity contribution in [1.29, 1.82) is 0 Å². The van der Waals surface area contributed by atoms with Gasteiger partial charge in [-0.25, -0.2) is 4.98 Å². The smallest absolute Gasteiger partial charge is 0.323 e. The van der Waals surface area contributed by atoms with Gasteiger partial charge in [0.25, 0.3) is 5.91 Å². The van der Waals surface area contributed by atoms with E-state index in [0.29, 0.717) is 0 Å². The summed E-state index contributed by atoms with van der Waals surface area (Å²) in [6.45, 7) is 0. The molecule has 22 heavy (non-hydrogen) atoms. The summed E-state index contributed by atoms with van der Waals surface area (Å²) < 4.78 is 4.64. The van der Waals surface area contributed by atoms with E-state index in [4.69, 9.17) is 18.0 Å². The molecule has 0 saturated heterocycles. The lowest BCUT2D eigenvalue weighted by Crippen LogP contribution is -2.33. The lowest BCUT2D eigenvalue weighted by Gasteiger charge is -2.10. The van der Waals surface area contributed by atoms with E-state index in [9.17, 15) is 14.4 Å². The van der Waals surface area contributed by atoms with Gasteiger partial charge in [-0.2, -0.15) is 4.98 Å². The molecule has 0 fully saturated rings. The Bertz CT molecular complexity index is 778. The summed E-state index contributed by atoms with van der Waals surface area (Å²) in [5.74, 6) is -4.59. The molecule has 0 spiro atoms. The van der Waals surface area contributed by atoms with Crippen molar-refractivity contribution in [1.82, 2.24) is 20.2 Å². The Morgan fingerprint density at radius 3 is 2.64 bits per heavy atom. The van der Waals surface area contributed by atoms with Crippen molar-refractivity contribution in [2.75, 3.05) is 18.2 Å². The number of carbonyl (C=O) groups excluding carboxylic acids is 3. The van der Waals surface area contributed by atoms with Crippen LogP contribution in [0, 0.1) is 4.77 Å². The number of aromatic amines is 2. The number of thiazole rings is 1. The Hall–Kier alpha value is -2.60. The molecule has 0 radical (unpaired) electrons. The number of nitrogen functional groups attached to an aromatic ring is 1. The maximum Gasteiger partial charge on any atom is 0.323 e. The molecule has 1 atom stereocenters. The molecule has 5 N–H and O–H groups in total. The van der Waals surface area contributed by atoms with Crippen molar-refractivity contribution in [2.45, 2.75) is 5.92 Å². The second-order valence-electron chi connectivity index (χ2n) is 3.90. The molecule has 2 rings (SSSR count). The highest BCUT2D eigenvalue weighted by Gasteiger charge is 2.36. The highest BCUT2D eigenvalue weighted by atomic mass is 32.1. The average Bonchev–Trinajstić information content (AvgIpc) is 3.07. The second-order valence-corrected chi connectivity index (χ2v) is 5.18. The number of aromatic nitrogens is 4. The number of anilines is 2. The third-order valence-electron chi connectivity index (χ3n) is 2.49. The number of nitrogens with one attached hydrogen (secondary N) is 3. The molecule has 0 aliphatic rings. The predicted octanol–water partition coefficient (Wildman–Crippen LogP) is -0.0296. The van der Waals surface area contributed by atoms with Gasteiger partial charge in [-0.1, -0.05) is 0 Å². The van der Waals surface area contributed by atoms with Gasteiger partial charge in [0.2, 0.25) is 16.5 Å². The highest BCUT2D eigenvalue weighted by Crippen LogP contribution is 2.22. The monoisotopic (exact) mass is 342 g/mol. The Morgan fingerprint density at radius 1 is 1.41 bits per heavy atom. The third-order valence-corrected chi connectivity index (χ3v) is 3.38. The lowest BCUT2D eigenvalue weighted by atomic mass is 10.0. The molecule has 0 aromatic carbocycles. The van der Waals surface area contributed by atoms with Gasteiger partial charge < -0.3 is 10.5 Å². The number of nitrogens with zero attached hydrogens (tertiary/aromatic N) is 2. The average molecular weight is 342 g/mol. The number of Topliss-reactive ketones (excluding diaryl/α,β-unsaturated/α-hetero) is 1. The molecule has 0 bridgehead atoms. The standard InChI is InChI=1S/C10H10N6O4S2/c1-20-7(19)4(3-2-22-8(11)12-3)5(17)6(18)13-9-14-10(21)16-15-9/h2,4H,1H3,(H2,11,12)(H3,13,14,15,16,18,21). The van der Waals surface area contributed by atoms with Crippen molar-refractivity contribution < 1.29 is 19.1 Å². The van der Waals surface area contributed by atoms with E-state index in [2.05, 4.69) is 30.2 Å². The van der Waals surface area contributed by atoms with Crippen molar-refractivity contribution in [3.8, 4) is 0 Å². The van der Waals surface area contributed by atoms with Crippen molar-refractivity contribution >= 4 is 52.3 Å². The first-order valence-corrected chi connectivity index (χ1v) is 6.99. The van der Waals surface area contributed by atoms with Crippen LogP contribution in [0.4, 0.5) is 11.1 Å². The fourth-order valence-electron chi connectivity index (χ4n) is 1.54. The summed E-state index contributed by atoms with van der Waals surface area (Å²) in [4.78, 5) is 43.5. The van der Waals surface area contributed by atoms with Crippen LogP contribution in [0.15, 0.2) is 5.38 Å². The zero-order chi connectivity index (χ0) is 16.3. The lowest BCUT2D eigenvalue weighted by molar-refractivity contribution is -0.148. The highest BCUT2D eigenvalue weighted by molar-refractivity contribution is 7.71. The van der Waals surface area contributed by atoms with Gasteiger partial charge in [-0.15, -0.1) is 11.3 Å². The van der Waals surface area contributed by atoms with Crippen LogP contribution >= 0.6 is 23.6 Å². The first kappa shape index (κ1) is 15.8. The Kier molecular flexibility index (Phi) is 4.62. The number of hydrogen-bond donors (Lipinski definition) is 4. The summed E-state index contributed by atoms with van der Waals surface area (Å²) in [7, 11) is 1.10. The normalized spacial score (nSPS) is 11.7. The number of esters is 1. The van der Waals surface area contributed by atoms with Gasteiger partial charge in [0.1, 0.15) is 0 Å². The zero-order valence-corrected chi connectivity index (χ0v) is 12.7. The van der Waals surface area contributed by atoms with E-state index in [-0.39, 0.29) is 21.5 Å². The largest absolute Gasteiger partial charge is 0.468 e. The van der Waals surface area contributed by atoms with Gasteiger partial charge in [0.15, 0.2) is 11.0 Å². The van der Waals surface area contributed by atoms with Gasteiger partial charge in [-0.05, 0) is 12.2 Å². The number of carbonyl (C=O) groups is 3. The van der Waals surface area contributed by atoms with E-state index < -0.39 is 23.6 Å². The molecule has 0 aliphatic carbocycles. The number of hydrogen-bond acceptors (Lipinski definition) is 9. The number of amides is 1. The SMILES string of the molecule is COC(=O)C(C(=O)C(=O)Nc1nc(=S)[nH][nH]1)c1csc(N)n1. The zero-order valence-electron chi connectivity index (χ0n) is 11.1. The third kappa shape index (κ3) is 3.35. The van der Waals surface area contributed by atoms with E-state index in [1.807, 2.05) is 0 Å². The van der Waals surface area contributed by atoms with Gasteiger partial charge in [-0.3, -0.25) is 29.9 Å². The number of nitrogens with two attached hydrogens (primary N) is 1. The van der Waals surface area contributed by atoms with E-state index in [0.717, 1.165) is 18.4 Å². The Labute approximate surface area is 132 Å². The second kappa shape index (κ2) is 6.44. The fraction of sp³-hybridized carbons (Fsp3) is 0.200. The topological polar surface area (TPSA) is 156 Å². The minimum atomic E-state index is -1.50. The van der Waals surface area contributed by atoms with Crippen LogP contribution in [0.5, 0.6) is 0 Å². The summed E-state index contributed by atoms with van der Waals surface area (Å²) in [5, 5.41) is 8.64. The van der Waals surface area contributed by atoms with Crippen molar-refractivity contribution in [3.05, 3.63) is 15.8 Å². The molecular weight excluding hydrogens is 332 g/mol. The summed E-state index contributed by atoms with van der Waals surface area (Å²) in [6.07, 6.45) is 0. The first-order chi connectivity index (χ1) is 10.4. The molecule has 2 aromatic heterocycles. The predicted molar refractivity (Wildman–Crippen MR) is 78.7 cm³/mol.